The smallest absolute Gasteiger partial charge is 0.0192 e. The van der Waals surface area contributed by atoms with Gasteiger partial charge in [-0.2, -0.15) is 0 Å². The molecule has 0 bridgehead atoms. The Labute approximate surface area is 82.7 Å². The van der Waals surface area contributed by atoms with Crippen LogP contribution < -0.4 is 5.32 Å². The number of hydrogen-bond acceptors (Lipinski definition) is 2. The Hall–Kier alpha value is -0.0800. The number of nitrogens with one attached hydrogen (secondary N) is 1. The standard InChI is InChI=1S/C11H24N2/c1-10(2)5-4-7-13-8-6-12-9-11(13)3/h10-12H,4-9H2,1-3H3/t11-/m0/s1. The molecule has 1 saturated heterocycles. The van der Waals surface area contributed by atoms with Crippen LogP contribution in [0.4, 0.5) is 0 Å². The molecule has 1 N–H and O–H groups in total. The highest BCUT2D eigenvalue weighted by Crippen LogP contribution is 2.08. The zero-order valence-corrected chi connectivity index (χ0v) is 9.34. The lowest BCUT2D eigenvalue weighted by Crippen LogP contribution is -2.49. The normalized spacial score (nSPS) is 25.4. The molecular weight excluding hydrogens is 160 g/mol. The summed E-state index contributed by atoms with van der Waals surface area (Å²) in [4.78, 5) is 2.61. The first-order chi connectivity index (χ1) is 6.20. The molecule has 1 aliphatic rings. The van der Waals surface area contributed by atoms with Gasteiger partial charge in [0.1, 0.15) is 0 Å². The lowest BCUT2D eigenvalue weighted by molar-refractivity contribution is 0.169. The van der Waals surface area contributed by atoms with E-state index in [9.17, 15) is 0 Å². The Bertz CT molecular complexity index is 134. The minimum Gasteiger partial charge on any atom is -0.314 e. The molecule has 0 aromatic heterocycles. The van der Waals surface area contributed by atoms with Gasteiger partial charge < -0.3 is 5.32 Å². The van der Waals surface area contributed by atoms with Gasteiger partial charge >= 0.3 is 0 Å². The van der Waals surface area contributed by atoms with Crippen molar-refractivity contribution in [1.82, 2.24) is 10.2 Å². The molecule has 2 heteroatoms. The molecule has 1 rings (SSSR count). The number of nitrogens with zero attached hydrogens (tertiary/aromatic N) is 1. The Morgan fingerprint density at radius 1 is 1.46 bits per heavy atom. The molecule has 0 aliphatic carbocycles. The Balaban J connectivity index is 2.11. The van der Waals surface area contributed by atoms with Gasteiger partial charge in [0.2, 0.25) is 0 Å². The second-order valence-electron chi connectivity index (χ2n) is 4.63. The zero-order valence-electron chi connectivity index (χ0n) is 9.34. The third-order valence-corrected chi connectivity index (χ3v) is 2.87. The van der Waals surface area contributed by atoms with Crippen molar-refractivity contribution in [2.75, 3.05) is 26.2 Å². The number of rotatable bonds is 4. The first kappa shape index (κ1) is 11.0. The van der Waals surface area contributed by atoms with E-state index in [4.69, 9.17) is 0 Å². The quantitative estimate of drug-likeness (QED) is 0.715. The second-order valence-corrected chi connectivity index (χ2v) is 4.63. The van der Waals surface area contributed by atoms with Gasteiger partial charge in [-0.05, 0) is 32.2 Å². The van der Waals surface area contributed by atoms with Crippen LogP contribution in [0, 0.1) is 5.92 Å². The van der Waals surface area contributed by atoms with E-state index in [2.05, 4.69) is 31.0 Å². The van der Waals surface area contributed by atoms with Crippen LogP contribution in [0.1, 0.15) is 33.6 Å². The summed E-state index contributed by atoms with van der Waals surface area (Å²) in [7, 11) is 0. The van der Waals surface area contributed by atoms with Crippen molar-refractivity contribution >= 4 is 0 Å². The van der Waals surface area contributed by atoms with Crippen molar-refractivity contribution in [2.24, 2.45) is 5.92 Å². The van der Waals surface area contributed by atoms with E-state index in [1.807, 2.05) is 0 Å². The van der Waals surface area contributed by atoms with Crippen molar-refractivity contribution in [3.63, 3.8) is 0 Å². The molecule has 1 atom stereocenters. The third kappa shape index (κ3) is 4.10. The van der Waals surface area contributed by atoms with Crippen LogP contribution in [0.2, 0.25) is 0 Å². The summed E-state index contributed by atoms with van der Waals surface area (Å²) in [6.45, 7) is 11.8. The Morgan fingerprint density at radius 3 is 2.85 bits per heavy atom. The molecule has 13 heavy (non-hydrogen) atoms. The fraction of sp³-hybridized carbons (Fsp3) is 1.00. The van der Waals surface area contributed by atoms with Crippen LogP contribution >= 0.6 is 0 Å². The summed E-state index contributed by atoms with van der Waals surface area (Å²) in [5.74, 6) is 0.859. The molecule has 2 nitrogen and oxygen atoms in total. The largest absolute Gasteiger partial charge is 0.314 e. The predicted molar refractivity (Wildman–Crippen MR) is 58.0 cm³/mol. The fourth-order valence-electron chi connectivity index (χ4n) is 1.92. The van der Waals surface area contributed by atoms with Crippen LogP contribution in [0.15, 0.2) is 0 Å². The average molecular weight is 184 g/mol. The monoisotopic (exact) mass is 184 g/mol. The van der Waals surface area contributed by atoms with Gasteiger partial charge in [0.05, 0.1) is 0 Å². The molecule has 1 aliphatic heterocycles. The molecular formula is C11H24N2. The maximum Gasteiger partial charge on any atom is 0.0192 e. The molecule has 1 fully saturated rings. The van der Waals surface area contributed by atoms with Crippen LogP contribution in [-0.4, -0.2) is 37.1 Å². The second kappa shape index (κ2) is 5.61. The van der Waals surface area contributed by atoms with Gasteiger partial charge in [0.25, 0.3) is 0 Å². The van der Waals surface area contributed by atoms with Crippen LogP contribution in [0.5, 0.6) is 0 Å². The molecule has 0 spiro atoms. The van der Waals surface area contributed by atoms with Crippen LogP contribution in [-0.2, 0) is 0 Å². The molecule has 0 aromatic carbocycles. The molecule has 0 aromatic rings. The van der Waals surface area contributed by atoms with Crippen molar-refractivity contribution in [2.45, 2.75) is 39.7 Å². The van der Waals surface area contributed by atoms with Crippen molar-refractivity contribution in [1.29, 1.82) is 0 Å². The summed E-state index contributed by atoms with van der Waals surface area (Å²) in [5, 5.41) is 3.42. The first-order valence-electron chi connectivity index (χ1n) is 5.65. The van der Waals surface area contributed by atoms with Crippen molar-refractivity contribution < 1.29 is 0 Å². The zero-order chi connectivity index (χ0) is 9.68. The lowest BCUT2D eigenvalue weighted by atomic mass is 10.1. The summed E-state index contributed by atoms with van der Waals surface area (Å²) in [6.07, 6.45) is 2.73. The highest BCUT2D eigenvalue weighted by atomic mass is 15.2. The fourth-order valence-corrected chi connectivity index (χ4v) is 1.92. The highest BCUT2D eigenvalue weighted by Gasteiger charge is 2.16. The van der Waals surface area contributed by atoms with E-state index in [1.54, 1.807) is 0 Å². The predicted octanol–water partition coefficient (Wildman–Crippen LogP) is 1.72. The summed E-state index contributed by atoms with van der Waals surface area (Å²) in [5.41, 5.74) is 0. The number of piperazine rings is 1. The van der Waals surface area contributed by atoms with Crippen LogP contribution in [0.25, 0.3) is 0 Å². The molecule has 0 radical (unpaired) electrons. The summed E-state index contributed by atoms with van der Waals surface area (Å²) in [6, 6.07) is 0.737. The van der Waals surface area contributed by atoms with Gasteiger partial charge in [-0.25, -0.2) is 0 Å². The SMILES string of the molecule is CC(C)CCCN1CCNC[C@@H]1C. The minimum absolute atomic E-state index is 0.737. The van der Waals surface area contributed by atoms with E-state index < -0.39 is 0 Å². The van der Waals surface area contributed by atoms with Gasteiger partial charge in [0, 0.05) is 25.7 Å². The first-order valence-corrected chi connectivity index (χ1v) is 5.65. The Kier molecular flexibility index (Phi) is 4.74. The van der Waals surface area contributed by atoms with E-state index in [0.717, 1.165) is 12.0 Å². The van der Waals surface area contributed by atoms with E-state index in [0.29, 0.717) is 0 Å². The van der Waals surface area contributed by atoms with Crippen molar-refractivity contribution in [3.05, 3.63) is 0 Å². The maximum atomic E-state index is 3.42. The van der Waals surface area contributed by atoms with Crippen LogP contribution in [0.3, 0.4) is 0 Å². The Morgan fingerprint density at radius 2 is 2.23 bits per heavy atom. The molecule has 78 valence electrons. The minimum atomic E-state index is 0.737. The highest BCUT2D eigenvalue weighted by molar-refractivity contribution is 4.75. The lowest BCUT2D eigenvalue weighted by Gasteiger charge is -2.34. The molecule has 0 amide bonds. The van der Waals surface area contributed by atoms with Gasteiger partial charge in [-0.3, -0.25) is 4.90 Å². The van der Waals surface area contributed by atoms with E-state index in [1.165, 1.54) is 39.0 Å². The average Bonchev–Trinajstić information content (AvgIpc) is 2.08. The van der Waals surface area contributed by atoms with Crippen molar-refractivity contribution in [3.8, 4) is 0 Å². The third-order valence-electron chi connectivity index (χ3n) is 2.87. The maximum absolute atomic E-state index is 3.42. The van der Waals surface area contributed by atoms with E-state index >= 15 is 0 Å². The topological polar surface area (TPSA) is 15.3 Å². The summed E-state index contributed by atoms with van der Waals surface area (Å²) >= 11 is 0. The van der Waals surface area contributed by atoms with Gasteiger partial charge in [-0.15, -0.1) is 0 Å². The molecule has 0 saturated carbocycles. The molecule has 0 unspecified atom stereocenters. The number of hydrogen-bond donors (Lipinski definition) is 1. The van der Waals surface area contributed by atoms with Gasteiger partial charge in [-0.1, -0.05) is 13.8 Å². The van der Waals surface area contributed by atoms with Gasteiger partial charge in [0.15, 0.2) is 0 Å². The molecule has 1 heterocycles. The van der Waals surface area contributed by atoms with E-state index in [-0.39, 0.29) is 0 Å². The summed E-state index contributed by atoms with van der Waals surface area (Å²) < 4.78 is 0.